The molecule has 6 nitrogen and oxygen atoms in total. The van der Waals surface area contributed by atoms with Crippen molar-refractivity contribution in [3.63, 3.8) is 0 Å². The SMILES string of the molecule is N#Cc1c(-c2ccc(Cl)cc2)c(-c2ccc(S(N)(=O)=O)cc2)nn1CCc1ccccc1. The number of aromatic nitrogens is 2. The van der Waals surface area contributed by atoms with Gasteiger partial charge in [-0.2, -0.15) is 10.4 Å². The fourth-order valence-corrected chi connectivity index (χ4v) is 4.15. The maximum absolute atomic E-state index is 11.6. The second-order valence-corrected chi connectivity index (χ2v) is 9.22. The molecule has 1 heterocycles. The summed E-state index contributed by atoms with van der Waals surface area (Å²) < 4.78 is 25.0. The third-order valence-electron chi connectivity index (χ3n) is 5.10. The van der Waals surface area contributed by atoms with Crippen LogP contribution in [0, 0.1) is 11.3 Å². The van der Waals surface area contributed by atoms with Crippen LogP contribution in [0.4, 0.5) is 0 Å². The summed E-state index contributed by atoms with van der Waals surface area (Å²) >= 11 is 6.06. The van der Waals surface area contributed by atoms with E-state index in [0.29, 0.717) is 40.5 Å². The van der Waals surface area contributed by atoms with Crippen LogP contribution in [0.1, 0.15) is 11.3 Å². The van der Waals surface area contributed by atoms with E-state index in [4.69, 9.17) is 21.8 Å². The molecule has 160 valence electrons. The van der Waals surface area contributed by atoms with Gasteiger partial charge in [0.2, 0.25) is 10.0 Å². The molecule has 32 heavy (non-hydrogen) atoms. The highest BCUT2D eigenvalue weighted by Gasteiger charge is 2.21. The summed E-state index contributed by atoms with van der Waals surface area (Å²) in [7, 11) is -3.81. The first kappa shape index (κ1) is 21.8. The second kappa shape index (κ2) is 8.97. The summed E-state index contributed by atoms with van der Waals surface area (Å²) in [5.74, 6) is 0. The maximum atomic E-state index is 11.6. The Morgan fingerprint density at radius 1 is 0.938 bits per heavy atom. The Morgan fingerprint density at radius 3 is 2.16 bits per heavy atom. The average Bonchev–Trinajstić information content (AvgIpc) is 3.17. The molecule has 8 heteroatoms. The lowest BCUT2D eigenvalue weighted by Gasteiger charge is -2.05. The van der Waals surface area contributed by atoms with Crippen molar-refractivity contribution in [3.8, 4) is 28.5 Å². The number of rotatable bonds is 6. The zero-order valence-corrected chi connectivity index (χ0v) is 18.5. The lowest BCUT2D eigenvalue weighted by atomic mass is 9.99. The van der Waals surface area contributed by atoms with Crippen molar-refractivity contribution in [1.29, 1.82) is 5.26 Å². The van der Waals surface area contributed by atoms with E-state index in [1.165, 1.54) is 12.1 Å². The Bertz CT molecular complexity index is 1390. The number of primary sulfonamides is 1. The van der Waals surface area contributed by atoms with Crippen molar-refractivity contribution < 1.29 is 8.42 Å². The van der Waals surface area contributed by atoms with E-state index in [1.54, 1.807) is 28.9 Å². The van der Waals surface area contributed by atoms with Gasteiger partial charge in [0.15, 0.2) is 0 Å². The first-order chi connectivity index (χ1) is 15.4. The summed E-state index contributed by atoms with van der Waals surface area (Å²) in [5.41, 5.74) is 4.28. The molecule has 0 atom stereocenters. The second-order valence-electron chi connectivity index (χ2n) is 7.22. The molecule has 0 aliphatic carbocycles. The number of nitriles is 1. The zero-order chi connectivity index (χ0) is 22.7. The van der Waals surface area contributed by atoms with Crippen LogP contribution in [0.2, 0.25) is 5.02 Å². The Morgan fingerprint density at radius 2 is 1.56 bits per heavy atom. The average molecular weight is 463 g/mol. The minimum atomic E-state index is -3.81. The van der Waals surface area contributed by atoms with Crippen molar-refractivity contribution in [2.24, 2.45) is 5.14 Å². The molecule has 0 fully saturated rings. The molecule has 0 aliphatic heterocycles. The quantitative estimate of drug-likeness (QED) is 0.451. The van der Waals surface area contributed by atoms with Crippen molar-refractivity contribution in [3.05, 3.63) is 95.1 Å². The number of hydrogen-bond donors (Lipinski definition) is 1. The van der Waals surface area contributed by atoms with E-state index in [9.17, 15) is 13.7 Å². The molecule has 1 aromatic heterocycles. The Balaban J connectivity index is 1.83. The van der Waals surface area contributed by atoms with Gasteiger partial charge in [0.1, 0.15) is 17.5 Å². The van der Waals surface area contributed by atoms with Crippen LogP contribution in [-0.2, 0) is 23.0 Å². The smallest absolute Gasteiger partial charge is 0.238 e. The van der Waals surface area contributed by atoms with E-state index in [1.807, 2.05) is 42.5 Å². The molecule has 4 rings (SSSR count). The van der Waals surface area contributed by atoms with Gasteiger partial charge in [-0.05, 0) is 41.8 Å². The van der Waals surface area contributed by atoms with Crippen molar-refractivity contribution in [2.45, 2.75) is 17.9 Å². The predicted octanol–water partition coefficient (Wildman–Crippen LogP) is 4.63. The third kappa shape index (κ3) is 4.58. The number of aryl methyl sites for hydroxylation is 2. The van der Waals surface area contributed by atoms with Gasteiger partial charge in [0.05, 0.1) is 4.90 Å². The fraction of sp³-hybridized carbons (Fsp3) is 0.0833. The lowest BCUT2D eigenvalue weighted by Crippen LogP contribution is -2.11. The largest absolute Gasteiger partial charge is 0.253 e. The number of sulfonamides is 1. The van der Waals surface area contributed by atoms with Gasteiger partial charge in [-0.1, -0.05) is 66.2 Å². The van der Waals surface area contributed by atoms with Gasteiger partial charge >= 0.3 is 0 Å². The Kier molecular flexibility index (Phi) is 6.10. The number of nitrogens with zero attached hydrogens (tertiary/aromatic N) is 3. The summed E-state index contributed by atoms with van der Waals surface area (Å²) in [6.07, 6.45) is 0.709. The lowest BCUT2D eigenvalue weighted by molar-refractivity contribution is 0.598. The summed E-state index contributed by atoms with van der Waals surface area (Å²) in [6.45, 7) is 0.517. The van der Waals surface area contributed by atoms with Crippen LogP contribution >= 0.6 is 11.6 Å². The number of benzene rings is 3. The highest BCUT2D eigenvalue weighted by atomic mass is 35.5. The number of hydrogen-bond acceptors (Lipinski definition) is 4. The van der Waals surface area contributed by atoms with Crippen LogP contribution in [-0.4, -0.2) is 18.2 Å². The van der Waals surface area contributed by atoms with E-state index in [-0.39, 0.29) is 4.90 Å². The molecule has 0 radical (unpaired) electrons. The summed E-state index contributed by atoms with van der Waals surface area (Å²) in [4.78, 5) is 0.0123. The maximum Gasteiger partial charge on any atom is 0.238 e. The normalized spacial score (nSPS) is 11.3. The molecule has 4 aromatic rings. The van der Waals surface area contributed by atoms with Gasteiger partial charge in [0, 0.05) is 22.7 Å². The molecule has 0 bridgehead atoms. The van der Waals surface area contributed by atoms with E-state index < -0.39 is 10.0 Å². The summed E-state index contributed by atoms with van der Waals surface area (Å²) in [5, 5.41) is 20.5. The molecule has 0 spiro atoms. The van der Waals surface area contributed by atoms with Gasteiger partial charge in [-0.25, -0.2) is 13.6 Å². The highest BCUT2D eigenvalue weighted by Crippen LogP contribution is 2.35. The minimum Gasteiger partial charge on any atom is -0.253 e. The third-order valence-corrected chi connectivity index (χ3v) is 6.28. The van der Waals surface area contributed by atoms with E-state index in [2.05, 4.69) is 6.07 Å². The molecular formula is C24H19ClN4O2S. The first-order valence-corrected chi connectivity index (χ1v) is 11.7. The topological polar surface area (TPSA) is 102 Å². The molecule has 0 amide bonds. The van der Waals surface area contributed by atoms with Crippen LogP contribution in [0.25, 0.3) is 22.4 Å². The molecule has 3 aromatic carbocycles. The van der Waals surface area contributed by atoms with Gasteiger partial charge in [-0.15, -0.1) is 0 Å². The molecule has 2 N–H and O–H groups in total. The van der Waals surface area contributed by atoms with E-state index in [0.717, 1.165) is 11.1 Å². The molecule has 0 aliphatic rings. The van der Waals surface area contributed by atoms with Gasteiger partial charge in [0.25, 0.3) is 0 Å². The van der Waals surface area contributed by atoms with Crippen molar-refractivity contribution >= 4 is 21.6 Å². The van der Waals surface area contributed by atoms with Crippen LogP contribution in [0.3, 0.4) is 0 Å². The Hall–Kier alpha value is -3.44. The van der Waals surface area contributed by atoms with Gasteiger partial charge < -0.3 is 0 Å². The molecule has 0 saturated heterocycles. The first-order valence-electron chi connectivity index (χ1n) is 9.81. The monoisotopic (exact) mass is 462 g/mol. The van der Waals surface area contributed by atoms with Crippen LogP contribution in [0.5, 0.6) is 0 Å². The standard InChI is InChI=1S/C24H19ClN4O2S/c25-20-10-6-18(7-11-20)23-22(16-26)29(15-14-17-4-2-1-3-5-17)28-24(23)19-8-12-21(13-9-19)32(27,30)31/h1-13H,14-15H2,(H2,27,30,31). The van der Waals surface area contributed by atoms with Gasteiger partial charge in [-0.3, -0.25) is 4.68 Å². The summed E-state index contributed by atoms with van der Waals surface area (Å²) in [6, 6.07) is 25.6. The highest BCUT2D eigenvalue weighted by molar-refractivity contribution is 7.89. The molecule has 0 saturated carbocycles. The van der Waals surface area contributed by atoms with Crippen molar-refractivity contribution in [2.75, 3.05) is 0 Å². The Labute approximate surface area is 191 Å². The minimum absolute atomic E-state index is 0.0123. The predicted molar refractivity (Wildman–Crippen MR) is 124 cm³/mol. The van der Waals surface area contributed by atoms with Crippen molar-refractivity contribution in [1.82, 2.24) is 9.78 Å². The van der Waals surface area contributed by atoms with Crippen LogP contribution in [0.15, 0.2) is 83.8 Å². The number of halogens is 1. The fourth-order valence-electron chi connectivity index (χ4n) is 3.51. The molecular weight excluding hydrogens is 444 g/mol. The number of nitrogens with two attached hydrogens (primary N) is 1. The van der Waals surface area contributed by atoms with E-state index >= 15 is 0 Å². The zero-order valence-electron chi connectivity index (χ0n) is 16.9. The van der Waals surface area contributed by atoms with Crippen LogP contribution < -0.4 is 5.14 Å². The molecule has 0 unspecified atom stereocenters.